The number of para-hydroxylation sites is 1. The second kappa shape index (κ2) is 9.53. The summed E-state index contributed by atoms with van der Waals surface area (Å²) in [7, 11) is 3.48. The molecule has 0 spiro atoms. The highest BCUT2D eigenvalue weighted by molar-refractivity contribution is 9.10. The zero-order valence-electron chi connectivity index (χ0n) is 17.2. The lowest BCUT2D eigenvalue weighted by Crippen LogP contribution is -2.13. The number of hydrazone groups is 1. The van der Waals surface area contributed by atoms with Crippen LogP contribution in [-0.2, 0) is 0 Å². The standard InChI is InChI=1S/C25H21BrN4O/c1-30(27-17-20-10-6-7-11-24(20)31-2)25-28-22(18-8-4-3-5-9-18)16-23(29-25)19-12-14-21(26)15-13-19/h3-17H,1-2H3. The Morgan fingerprint density at radius 2 is 1.45 bits per heavy atom. The maximum absolute atomic E-state index is 5.40. The number of nitrogens with zero attached hydrogens (tertiary/aromatic N) is 4. The van der Waals surface area contributed by atoms with Gasteiger partial charge >= 0.3 is 0 Å². The van der Waals surface area contributed by atoms with Crippen LogP contribution in [0.1, 0.15) is 5.56 Å². The fraction of sp³-hybridized carbons (Fsp3) is 0.0800. The third-order valence-corrected chi connectivity index (χ3v) is 5.25. The Morgan fingerprint density at radius 1 is 0.839 bits per heavy atom. The highest BCUT2D eigenvalue weighted by Crippen LogP contribution is 2.27. The van der Waals surface area contributed by atoms with Crippen molar-refractivity contribution in [1.29, 1.82) is 0 Å². The molecule has 1 heterocycles. The minimum absolute atomic E-state index is 0.505. The molecule has 0 N–H and O–H groups in total. The molecular formula is C25H21BrN4O. The number of benzene rings is 3. The van der Waals surface area contributed by atoms with Crippen LogP contribution in [0.5, 0.6) is 5.75 Å². The molecule has 0 aliphatic heterocycles. The van der Waals surface area contributed by atoms with E-state index < -0.39 is 0 Å². The predicted octanol–water partition coefficient (Wildman–Crippen LogP) is 6.05. The Kier molecular flexibility index (Phi) is 6.38. The van der Waals surface area contributed by atoms with Crippen molar-refractivity contribution in [3.63, 3.8) is 0 Å². The molecule has 0 aliphatic rings. The number of ether oxygens (including phenoxy) is 1. The summed E-state index contributed by atoms with van der Waals surface area (Å²) in [5.74, 6) is 1.26. The monoisotopic (exact) mass is 472 g/mol. The zero-order chi connectivity index (χ0) is 21.6. The summed E-state index contributed by atoms with van der Waals surface area (Å²) in [5.41, 5.74) is 4.57. The number of hydrogen-bond donors (Lipinski definition) is 0. The highest BCUT2D eigenvalue weighted by Gasteiger charge is 2.11. The maximum atomic E-state index is 5.40. The van der Waals surface area contributed by atoms with Crippen molar-refractivity contribution in [3.05, 3.63) is 95.0 Å². The molecule has 0 atom stereocenters. The van der Waals surface area contributed by atoms with Gasteiger partial charge < -0.3 is 4.74 Å². The van der Waals surface area contributed by atoms with Crippen LogP contribution in [0.2, 0.25) is 0 Å². The summed E-state index contributed by atoms with van der Waals surface area (Å²) < 4.78 is 6.42. The van der Waals surface area contributed by atoms with Crippen molar-refractivity contribution in [1.82, 2.24) is 9.97 Å². The van der Waals surface area contributed by atoms with Crippen LogP contribution in [-0.4, -0.2) is 30.3 Å². The first kappa shape index (κ1) is 20.8. The largest absolute Gasteiger partial charge is 0.496 e. The minimum atomic E-state index is 0.505. The summed E-state index contributed by atoms with van der Waals surface area (Å²) in [5, 5.41) is 6.22. The second-order valence-electron chi connectivity index (χ2n) is 6.82. The maximum Gasteiger partial charge on any atom is 0.247 e. The van der Waals surface area contributed by atoms with Crippen molar-refractivity contribution < 1.29 is 4.74 Å². The van der Waals surface area contributed by atoms with Crippen LogP contribution in [0.3, 0.4) is 0 Å². The van der Waals surface area contributed by atoms with Crippen molar-refractivity contribution >= 4 is 28.1 Å². The number of aromatic nitrogens is 2. The lowest BCUT2D eigenvalue weighted by molar-refractivity contribution is 0.414. The van der Waals surface area contributed by atoms with Gasteiger partial charge in [-0.25, -0.2) is 15.0 Å². The quantitative estimate of drug-likeness (QED) is 0.253. The summed E-state index contributed by atoms with van der Waals surface area (Å²) >= 11 is 3.49. The molecule has 0 aliphatic carbocycles. The fourth-order valence-electron chi connectivity index (χ4n) is 3.08. The number of halogens is 1. The van der Waals surface area contributed by atoms with E-state index in [1.807, 2.05) is 92.0 Å². The molecule has 3 aromatic carbocycles. The molecular weight excluding hydrogens is 452 g/mol. The van der Waals surface area contributed by atoms with Crippen LogP contribution >= 0.6 is 15.9 Å². The molecule has 0 radical (unpaired) electrons. The van der Waals surface area contributed by atoms with Gasteiger partial charge in [0.05, 0.1) is 24.7 Å². The second-order valence-corrected chi connectivity index (χ2v) is 7.74. The van der Waals surface area contributed by atoms with Crippen molar-refractivity contribution in [2.75, 3.05) is 19.2 Å². The Bertz CT molecular complexity index is 1190. The van der Waals surface area contributed by atoms with Gasteiger partial charge in [0.15, 0.2) is 0 Å². The number of hydrogen-bond acceptors (Lipinski definition) is 5. The molecule has 0 saturated heterocycles. The first-order valence-electron chi connectivity index (χ1n) is 9.75. The molecule has 0 saturated carbocycles. The molecule has 6 heteroatoms. The molecule has 4 aromatic rings. The predicted molar refractivity (Wildman–Crippen MR) is 130 cm³/mol. The van der Waals surface area contributed by atoms with E-state index >= 15 is 0 Å². The Hall–Kier alpha value is -3.51. The van der Waals surface area contributed by atoms with E-state index in [0.29, 0.717) is 5.95 Å². The van der Waals surface area contributed by atoms with Gasteiger partial charge in [-0.1, -0.05) is 70.5 Å². The SMILES string of the molecule is COc1ccccc1C=NN(C)c1nc(-c2ccccc2)cc(-c2ccc(Br)cc2)n1. The van der Waals surface area contributed by atoms with Crippen molar-refractivity contribution in [3.8, 4) is 28.3 Å². The molecule has 4 rings (SSSR count). The molecule has 5 nitrogen and oxygen atoms in total. The average Bonchev–Trinajstić information content (AvgIpc) is 2.83. The number of anilines is 1. The first-order valence-corrected chi connectivity index (χ1v) is 10.5. The Labute approximate surface area is 190 Å². The van der Waals surface area contributed by atoms with Crippen molar-refractivity contribution in [2.45, 2.75) is 0 Å². The van der Waals surface area contributed by atoms with E-state index in [9.17, 15) is 0 Å². The normalized spacial score (nSPS) is 10.9. The van der Waals surface area contributed by atoms with E-state index in [1.165, 1.54) is 0 Å². The smallest absolute Gasteiger partial charge is 0.247 e. The number of rotatable bonds is 6. The highest BCUT2D eigenvalue weighted by atomic mass is 79.9. The molecule has 0 bridgehead atoms. The van der Waals surface area contributed by atoms with Crippen LogP contribution < -0.4 is 9.75 Å². The van der Waals surface area contributed by atoms with E-state index in [0.717, 1.165) is 38.3 Å². The van der Waals surface area contributed by atoms with Gasteiger partial charge in [0.1, 0.15) is 5.75 Å². The lowest BCUT2D eigenvalue weighted by Gasteiger charge is -2.14. The van der Waals surface area contributed by atoms with Crippen LogP contribution in [0, 0.1) is 0 Å². The molecule has 0 amide bonds. The van der Waals surface area contributed by atoms with E-state index in [4.69, 9.17) is 14.7 Å². The lowest BCUT2D eigenvalue weighted by atomic mass is 10.1. The van der Waals surface area contributed by atoms with Crippen LogP contribution in [0.15, 0.2) is 94.5 Å². The summed E-state index contributed by atoms with van der Waals surface area (Å²) in [6, 6.07) is 27.9. The zero-order valence-corrected chi connectivity index (χ0v) is 18.8. The third-order valence-electron chi connectivity index (χ3n) is 4.72. The minimum Gasteiger partial charge on any atom is -0.496 e. The van der Waals surface area contributed by atoms with Gasteiger partial charge in [-0.15, -0.1) is 0 Å². The van der Waals surface area contributed by atoms with Crippen molar-refractivity contribution in [2.24, 2.45) is 5.10 Å². The number of methoxy groups -OCH3 is 1. The Morgan fingerprint density at radius 3 is 2.13 bits per heavy atom. The molecule has 31 heavy (non-hydrogen) atoms. The van der Waals surface area contributed by atoms with E-state index in [-0.39, 0.29) is 0 Å². The van der Waals surface area contributed by atoms with Gasteiger partial charge in [-0.3, -0.25) is 0 Å². The molecule has 1 aromatic heterocycles. The first-order chi connectivity index (χ1) is 15.1. The van der Waals surface area contributed by atoms with Gasteiger partial charge in [0.2, 0.25) is 5.95 Å². The topological polar surface area (TPSA) is 50.6 Å². The molecule has 0 fully saturated rings. The summed E-state index contributed by atoms with van der Waals surface area (Å²) in [6.45, 7) is 0. The molecule has 154 valence electrons. The van der Waals surface area contributed by atoms with Gasteiger partial charge in [-0.2, -0.15) is 5.10 Å². The third kappa shape index (κ3) is 4.98. The Balaban J connectivity index is 1.74. The summed E-state index contributed by atoms with van der Waals surface area (Å²) in [6.07, 6.45) is 1.75. The van der Waals surface area contributed by atoms with Gasteiger partial charge in [0.25, 0.3) is 0 Å². The molecule has 0 unspecified atom stereocenters. The summed E-state index contributed by atoms with van der Waals surface area (Å²) in [4.78, 5) is 9.53. The van der Waals surface area contributed by atoms with Crippen LogP contribution in [0.25, 0.3) is 22.5 Å². The van der Waals surface area contributed by atoms with Gasteiger partial charge in [-0.05, 0) is 30.3 Å². The van der Waals surface area contributed by atoms with Crippen LogP contribution in [0.4, 0.5) is 5.95 Å². The van der Waals surface area contributed by atoms with Gasteiger partial charge in [0, 0.05) is 28.2 Å². The average molecular weight is 473 g/mol. The van der Waals surface area contributed by atoms with E-state index in [2.05, 4.69) is 21.0 Å². The van der Waals surface area contributed by atoms with E-state index in [1.54, 1.807) is 18.3 Å². The fourth-order valence-corrected chi connectivity index (χ4v) is 3.34.